The molecular weight excluding hydrogens is 273 g/mol. The molecule has 2 heterocycles. The van der Waals surface area contributed by atoms with Gasteiger partial charge >= 0.3 is 0 Å². The molecule has 0 aromatic carbocycles. The molecule has 0 spiro atoms. The van der Waals surface area contributed by atoms with Crippen LogP contribution in [0.2, 0.25) is 10.3 Å². The predicted octanol–water partition coefficient (Wildman–Crippen LogP) is 2.96. The second kappa shape index (κ2) is 4.92. The van der Waals surface area contributed by atoms with Crippen LogP contribution < -0.4 is 0 Å². The van der Waals surface area contributed by atoms with E-state index in [1.54, 1.807) is 12.1 Å². The van der Waals surface area contributed by atoms with Crippen LogP contribution in [0.15, 0.2) is 12.1 Å². The Morgan fingerprint density at radius 2 is 2.00 bits per heavy atom. The van der Waals surface area contributed by atoms with Gasteiger partial charge in [-0.15, -0.1) is 10.2 Å². The van der Waals surface area contributed by atoms with Crippen molar-refractivity contribution in [2.75, 3.05) is 0 Å². The summed E-state index contributed by atoms with van der Waals surface area (Å²) in [5.41, 5.74) is 1.00. The van der Waals surface area contributed by atoms with Crippen LogP contribution in [-0.4, -0.2) is 20.0 Å². The number of hydrogen-bond acceptors (Lipinski definition) is 4. The van der Waals surface area contributed by atoms with Gasteiger partial charge in [-0.25, -0.2) is 4.68 Å². The van der Waals surface area contributed by atoms with E-state index in [9.17, 15) is 0 Å². The number of hydrogen-bond donors (Lipinski definition) is 0. The Labute approximate surface area is 114 Å². The van der Waals surface area contributed by atoms with Crippen LogP contribution in [0.5, 0.6) is 0 Å². The zero-order chi connectivity index (χ0) is 13.3. The van der Waals surface area contributed by atoms with E-state index in [4.69, 9.17) is 28.5 Å². The third-order valence-corrected chi connectivity index (χ3v) is 2.90. The van der Waals surface area contributed by atoms with Gasteiger partial charge in [0.1, 0.15) is 11.6 Å². The highest BCUT2D eigenvalue weighted by molar-refractivity contribution is 6.31. The number of aromatic nitrogens is 4. The average Bonchev–Trinajstić information content (AvgIpc) is 2.67. The summed E-state index contributed by atoms with van der Waals surface area (Å²) in [5.74, 6) is 0.520. The van der Waals surface area contributed by atoms with Gasteiger partial charge in [0, 0.05) is 0 Å². The van der Waals surface area contributed by atoms with Crippen LogP contribution in [0.25, 0.3) is 5.82 Å². The highest BCUT2D eigenvalue weighted by Crippen LogP contribution is 2.26. The number of halogens is 2. The topological polar surface area (TPSA) is 67.4 Å². The molecule has 0 amide bonds. The van der Waals surface area contributed by atoms with Crippen LogP contribution in [0.4, 0.5) is 0 Å². The van der Waals surface area contributed by atoms with E-state index in [0.29, 0.717) is 17.1 Å². The zero-order valence-corrected chi connectivity index (χ0v) is 11.2. The van der Waals surface area contributed by atoms with Crippen molar-refractivity contribution < 1.29 is 0 Å². The molecule has 0 aliphatic carbocycles. The van der Waals surface area contributed by atoms with Gasteiger partial charge in [0.05, 0.1) is 5.69 Å². The molecule has 0 fully saturated rings. The predicted molar refractivity (Wildman–Crippen MR) is 68.0 cm³/mol. The molecule has 0 saturated carbocycles. The Morgan fingerprint density at radius 3 is 2.44 bits per heavy atom. The van der Waals surface area contributed by atoms with E-state index in [-0.39, 0.29) is 16.2 Å². The first kappa shape index (κ1) is 12.8. The first-order chi connectivity index (χ1) is 8.54. The summed E-state index contributed by atoms with van der Waals surface area (Å²) in [6, 6.07) is 5.28. The number of rotatable bonds is 2. The number of nitriles is 1. The Morgan fingerprint density at radius 1 is 1.28 bits per heavy atom. The normalized spacial score (nSPS) is 10.7. The fourth-order valence-corrected chi connectivity index (χ4v) is 1.86. The average molecular weight is 282 g/mol. The lowest BCUT2D eigenvalue weighted by Gasteiger charge is -2.00. The van der Waals surface area contributed by atoms with Crippen molar-refractivity contribution in [1.29, 1.82) is 5.26 Å². The highest BCUT2D eigenvalue weighted by atomic mass is 35.5. The molecule has 2 rings (SSSR count). The summed E-state index contributed by atoms with van der Waals surface area (Å²) < 4.78 is 1.39. The molecule has 5 nitrogen and oxygen atoms in total. The summed E-state index contributed by atoms with van der Waals surface area (Å²) in [5, 5.41) is 21.5. The molecular formula is C11H9Cl2N5. The lowest BCUT2D eigenvalue weighted by Crippen LogP contribution is -2.02. The third-order valence-electron chi connectivity index (χ3n) is 2.35. The molecule has 2 aromatic rings. The summed E-state index contributed by atoms with van der Waals surface area (Å²) in [6.45, 7) is 3.88. The smallest absolute Gasteiger partial charge is 0.177 e. The molecule has 0 aliphatic rings. The van der Waals surface area contributed by atoms with Gasteiger partial charge in [-0.3, -0.25) is 0 Å². The Balaban J connectivity index is 2.59. The highest BCUT2D eigenvalue weighted by Gasteiger charge is 2.20. The summed E-state index contributed by atoms with van der Waals surface area (Å²) in [4.78, 5) is 0. The zero-order valence-electron chi connectivity index (χ0n) is 9.72. The first-order valence-electron chi connectivity index (χ1n) is 5.22. The second-order valence-electron chi connectivity index (χ2n) is 3.94. The van der Waals surface area contributed by atoms with Gasteiger partial charge in [0.25, 0.3) is 0 Å². The monoisotopic (exact) mass is 281 g/mol. The van der Waals surface area contributed by atoms with E-state index in [1.807, 2.05) is 13.8 Å². The van der Waals surface area contributed by atoms with E-state index in [0.717, 1.165) is 0 Å². The first-order valence-corrected chi connectivity index (χ1v) is 5.98. The fraction of sp³-hybridized carbons (Fsp3) is 0.273. The SMILES string of the molecule is CC(C)c1nn(-c2ccc(Cl)nn2)c(Cl)c1C#N. The maximum absolute atomic E-state index is 9.11. The van der Waals surface area contributed by atoms with Crippen molar-refractivity contribution in [2.45, 2.75) is 19.8 Å². The molecule has 18 heavy (non-hydrogen) atoms. The van der Waals surface area contributed by atoms with E-state index in [2.05, 4.69) is 21.4 Å². The van der Waals surface area contributed by atoms with Crippen LogP contribution in [0, 0.1) is 11.3 Å². The summed E-state index contributed by atoms with van der Waals surface area (Å²) >= 11 is 11.8. The molecule has 0 unspecified atom stereocenters. The van der Waals surface area contributed by atoms with Gasteiger partial charge < -0.3 is 0 Å². The Kier molecular flexibility index (Phi) is 3.50. The molecule has 2 aromatic heterocycles. The molecule has 7 heteroatoms. The van der Waals surface area contributed by atoms with E-state index >= 15 is 0 Å². The molecule has 0 aliphatic heterocycles. The summed E-state index contributed by atoms with van der Waals surface area (Å²) in [7, 11) is 0. The van der Waals surface area contributed by atoms with Crippen molar-refractivity contribution in [3.63, 3.8) is 0 Å². The standard InChI is InChI=1S/C11H9Cl2N5/c1-6(2)10-7(5-14)11(13)18(17-10)9-4-3-8(12)15-16-9/h3-4,6H,1-2H3. The maximum atomic E-state index is 9.11. The largest absolute Gasteiger partial charge is 0.200 e. The maximum Gasteiger partial charge on any atom is 0.177 e. The van der Waals surface area contributed by atoms with Gasteiger partial charge in [-0.2, -0.15) is 10.4 Å². The minimum Gasteiger partial charge on any atom is -0.200 e. The van der Waals surface area contributed by atoms with Crippen LogP contribution in [0.1, 0.15) is 31.0 Å². The second-order valence-corrected chi connectivity index (χ2v) is 4.69. The molecule has 0 saturated heterocycles. The lowest BCUT2D eigenvalue weighted by atomic mass is 10.1. The van der Waals surface area contributed by atoms with Crippen molar-refractivity contribution in [2.24, 2.45) is 0 Å². The minimum atomic E-state index is 0.0960. The van der Waals surface area contributed by atoms with Crippen molar-refractivity contribution in [3.8, 4) is 11.9 Å². The van der Waals surface area contributed by atoms with Crippen LogP contribution >= 0.6 is 23.2 Å². The minimum absolute atomic E-state index is 0.0960. The van der Waals surface area contributed by atoms with E-state index < -0.39 is 0 Å². The van der Waals surface area contributed by atoms with Gasteiger partial charge in [0.2, 0.25) is 0 Å². The third kappa shape index (κ3) is 2.17. The van der Waals surface area contributed by atoms with Crippen molar-refractivity contribution in [1.82, 2.24) is 20.0 Å². The van der Waals surface area contributed by atoms with Crippen LogP contribution in [-0.2, 0) is 0 Å². The van der Waals surface area contributed by atoms with E-state index in [1.165, 1.54) is 4.68 Å². The van der Waals surface area contributed by atoms with Gasteiger partial charge in [-0.05, 0) is 18.1 Å². The lowest BCUT2D eigenvalue weighted by molar-refractivity contribution is 0.747. The molecule has 0 bridgehead atoms. The van der Waals surface area contributed by atoms with Crippen LogP contribution in [0.3, 0.4) is 0 Å². The number of nitrogens with zero attached hydrogens (tertiary/aromatic N) is 5. The Hall–Kier alpha value is -1.64. The molecule has 0 radical (unpaired) electrons. The molecule has 0 N–H and O–H groups in total. The quantitative estimate of drug-likeness (QED) is 0.849. The molecule has 92 valence electrons. The molecule has 0 atom stereocenters. The van der Waals surface area contributed by atoms with Crippen molar-refractivity contribution >= 4 is 23.2 Å². The van der Waals surface area contributed by atoms with Crippen molar-refractivity contribution in [3.05, 3.63) is 33.7 Å². The Bertz CT molecular complexity index is 610. The summed E-state index contributed by atoms with van der Waals surface area (Å²) in [6.07, 6.45) is 0. The van der Waals surface area contributed by atoms with Gasteiger partial charge in [-0.1, -0.05) is 37.0 Å². The fourth-order valence-electron chi connectivity index (χ4n) is 1.49. The van der Waals surface area contributed by atoms with Gasteiger partial charge in [0.15, 0.2) is 16.1 Å².